The Morgan fingerprint density at radius 1 is 1.14 bits per heavy atom. The van der Waals surface area contributed by atoms with E-state index in [1.165, 1.54) is 5.56 Å². The molecule has 0 heterocycles. The van der Waals surface area contributed by atoms with Crippen LogP contribution in [0.4, 0.5) is 5.69 Å². The average molecular weight is 282 g/mol. The third kappa shape index (κ3) is 3.43. The van der Waals surface area contributed by atoms with Gasteiger partial charge in [-0.05, 0) is 44.0 Å². The van der Waals surface area contributed by atoms with Crippen molar-refractivity contribution in [3.05, 3.63) is 64.7 Å². The van der Waals surface area contributed by atoms with Gasteiger partial charge >= 0.3 is 0 Å². The minimum atomic E-state index is 0.0539. The lowest BCUT2D eigenvalue weighted by molar-refractivity contribution is 0.0752. The van der Waals surface area contributed by atoms with Gasteiger partial charge in [0.2, 0.25) is 0 Å². The summed E-state index contributed by atoms with van der Waals surface area (Å²) in [5.41, 5.74) is 10.6. The molecule has 2 aromatic rings. The average Bonchev–Trinajstić information content (AvgIpc) is 2.46. The highest BCUT2D eigenvalue weighted by Gasteiger charge is 2.17. The predicted molar refractivity (Wildman–Crippen MR) is 87.2 cm³/mol. The van der Waals surface area contributed by atoms with Crippen molar-refractivity contribution in [3.8, 4) is 0 Å². The van der Waals surface area contributed by atoms with Crippen LogP contribution in [0.3, 0.4) is 0 Å². The van der Waals surface area contributed by atoms with Crippen molar-refractivity contribution in [1.29, 1.82) is 0 Å². The molecule has 2 rings (SSSR count). The van der Waals surface area contributed by atoms with E-state index in [0.717, 1.165) is 22.4 Å². The maximum atomic E-state index is 12.7. The van der Waals surface area contributed by atoms with Gasteiger partial charge in [-0.2, -0.15) is 0 Å². The molecule has 3 heteroatoms. The molecule has 0 radical (unpaired) electrons. The first kappa shape index (κ1) is 15.1. The highest BCUT2D eigenvalue weighted by molar-refractivity contribution is 5.95. The maximum Gasteiger partial charge on any atom is 0.254 e. The van der Waals surface area contributed by atoms with Crippen molar-refractivity contribution >= 4 is 11.6 Å². The number of carbonyl (C=O) groups is 1. The number of nitrogens with two attached hydrogens (primary N) is 1. The second-order valence-corrected chi connectivity index (χ2v) is 5.34. The van der Waals surface area contributed by atoms with Gasteiger partial charge in [0.25, 0.3) is 5.91 Å². The zero-order valence-electron chi connectivity index (χ0n) is 12.9. The lowest BCUT2D eigenvalue weighted by Gasteiger charge is -2.23. The van der Waals surface area contributed by atoms with Crippen LogP contribution in [-0.2, 0) is 6.54 Å². The highest BCUT2D eigenvalue weighted by atomic mass is 16.2. The third-order valence-corrected chi connectivity index (χ3v) is 3.70. The summed E-state index contributed by atoms with van der Waals surface area (Å²) in [5, 5.41) is 0. The van der Waals surface area contributed by atoms with Crippen LogP contribution in [0.15, 0.2) is 42.5 Å². The fourth-order valence-corrected chi connectivity index (χ4v) is 2.43. The number of aryl methyl sites for hydroxylation is 2. The second-order valence-electron chi connectivity index (χ2n) is 5.34. The molecule has 2 aromatic carbocycles. The van der Waals surface area contributed by atoms with E-state index in [9.17, 15) is 4.79 Å². The van der Waals surface area contributed by atoms with Gasteiger partial charge in [-0.25, -0.2) is 0 Å². The van der Waals surface area contributed by atoms with Crippen molar-refractivity contribution in [3.63, 3.8) is 0 Å². The quantitative estimate of drug-likeness (QED) is 0.872. The molecule has 1 amide bonds. The summed E-state index contributed by atoms with van der Waals surface area (Å²) in [5.74, 6) is 0.0539. The number of rotatable bonds is 4. The molecular weight excluding hydrogens is 260 g/mol. The van der Waals surface area contributed by atoms with Gasteiger partial charge in [-0.3, -0.25) is 4.79 Å². The van der Waals surface area contributed by atoms with E-state index in [2.05, 4.69) is 0 Å². The Labute approximate surface area is 126 Å². The molecule has 2 N–H and O–H groups in total. The van der Waals surface area contributed by atoms with Crippen LogP contribution in [0.1, 0.15) is 34.0 Å². The Bertz CT molecular complexity index is 649. The van der Waals surface area contributed by atoms with Crippen LogP contribution >= 0.6 is 0 Å². The minimum absolute atomic E-state index is 0.0539. The monoisotopic (exact) mass is 282 g/mol. The summed E-state index contributed by atoms with van der Waals surface area (Å²) in [6, 6.07) is 13.6. The molecule has 0 aliphatic rings. The smallest absolute Gasteiger partial charge is 0.254 e. The van der Waals surface area contributed by atoms with E-state index in [4.69, 9.17) is 5.73 Å². The van der Waals surface area contributed by atoms with E-state index in [1.807, 2.05) is 68.1 Å². The lowest BCUT2D eigenvalue weighted by Crippen LogP contribution is -2.31. The molecule has 0 aliphatic heterocycles. The number of hydrogen-bond acceptors (Lipinski definition) is 2. The number of hydrogen-bond donors (Lipinski definition) is 1. The molecule has 0 atom stereocenters. The number of nitrogen functional groups attached to an aromatic ring is 1. The number of anilines is 1. The van der Waals surface area contributed by atoms with Gasteiger partial charge in [-0.15, -0.1) is 0 Å². The van der Waals surface area contributed by atoms with E-state index in [-0.39, 0.29) is 5.91 Å². The molecule has 0 fully saturated rings. The van der Waals surface area contributed by atoms with E-state index >= 15 is 0 Å². The Morgan fingerprint density at radius 2 is 1.86 bits per heavy atom. The van der Waals surface area contributed by atoms with Gasteiger partial charge in [0.1, 0.15) is 0 Å². The molecule has 0 saturated carbocycles. The summed E-state index contributed by atoms with van der Waals surface area (Å²) in [7, 11) is 0. The van der Waals surface area contributed by atoms with E-state index in [0.29, 0.717) is 13.1 Å². The third-order valence-electron chi connectivity index (χ3n) is 3.70. The standard InChI is InChI=1S/C18H22N2O/c1-4-20(12-15-7-5-6-8-17(15)19)18(21)16-10-9-13(2)11-14(16)3/h5-11H,4,12,19H2,1-3H3. The fraction of sp³-hybridized carbons (Fsp3) is 0.278. The lowest BCUT2D eigenvalue weighted by atomic mass is 10.0. The number of carbonyl (C=O) groups excluding carboxylic acids is 1. The Kier molecular flexibility index (Phi) is 4.63. The molecular formula is C18H22N2O. The van der Waals surface area contributed by atoms with Crippen molar-refractivity contribution < 1.29 is 4.79 Å². The largest absolute Gasteiger partial charge is 0.398 e. The molecule has 0 unspecified atom stereocenters. The van der Waals surface area contributed by atoms with Crippen LogP contribution in [0.5, 0.6) is 0 Å². The molecule has 0 spiro atoms. The zero-order valence-corrected chi connectivity index (χ0v) is 12.9. The summed E-state index contributed by atoms with van der Waals surface area (Å²) < 4.78 is 0. The first-order valence-electron chi connectivity index (χ1n) is 7.22. The van der Waals surface area contributed by atoms with Gasteiger partial charge in [0.15, 0.2) is 0 Å². The van der Waals surface area contributed by atoms with E-state index < -0.39 is 0 Å². The number of benzene rings is 2. The van der Waals surface area contributed by atoms with Crippen molar-refractivity contribution in [2.24, 2.45) is 0 Å². The topological polar surface area (TPSA) is 46.3 Å². The summed E-state index contributed by atoms with van der Waals surface area (Å²) >= 11 is 0. The molecule has 0 saturated heterocycles. The second kappa shape index (κ2) is 6.44. The fourth-order valence-electron chi connectivity index (χ4n) is 2.43. The van der Waals surface area contributed by atoms with Crippen LogP contribution in [0, 0.1) is 13.8 Å². The van der Waals surface area contributed by atoms with Crippen LogP contribution in [-0.4, -0.2) is 17.4 Å². The normalized spacial score (nSPS) is 10.4. The van der Waals surface area contributed by atoms with Crippen molar-refractivity contribution in [2.75, 3.05) is 12.3 Å². The number of amides is 1. The first-order chi connectivity index (χ1) is 10.0. The van der Waals surface area contributed by atoms with Gasteiger partial charge in [0.05, 0.1) is 0 Å². The first-order valence-corrected chi connectivity index (χ1v) is 7.22. The van der Waals surface area contributed by atoms with Crippen molar-refractivity contribution in [1.82, 2.24) is 4.90 Å². The Morgan fingerprint density at radius 3 is 2.48 bits per heavy atom. The molecule has 0 bridgehead atoms. The summed E-state index contributed by atoms with van der Waals surface area (Å²) in [4.78, 5) is 14.5. The summed E-state index contributed by atoms with van der Waals surface area (Å²) in [6.45, 7) is 7.19. The molecule has 0 aliphatic carbocycles. The van der Waals surface area contributed by atoms with Crippen LogP contribution < -0.4 is 5.73 Å². The number of nitrogens with zero attached hydrogens (tertiary/aromatic N) is 1. The van der Waals surface area contributed by atoms with Crippen LogP contribution in [0.25, 0.3) is 0 Å². The zero-order chi connectivity index (χ0) is 15.4. The minimum Gasteiger partial charge on any atom is -0.398 e. The van der Waals surface area contributed by atoms with Gasteiger partial charge < -0.3 is 10.6 Å². The maximum absolute atomic E-state index is 12.7. The van der Waals surface area contributed by atoms with Crippen molar-refractivity contribution in [2.45, 2.75) is 27.3 Å². The predicted octanol–water partition coefficient (Wildman–Crippen LogP) is 3.55. The molecule has 0 aromatic heterocycles. The molecule has 3 nitrogen and oxygen atoms in total. The molecule has 21 heavy (non-hydrogen) atoms. The SMILES string of the molecule is CCN(Cc1ccccc1N)C(=O)c1ccc(C)cc1C. The Hall–Kier alpha value is -2.29. The van der Waals surface area contributed by atoms with E-state index in [1.54, 1.807) is 0 Å². The molecule has 110 valence electrons. The summed E-state index contributed by atoms with van der Waals surface area (Å²) in [6.07, 6.45) is 0. The van der Waals surface area contributed by atoms with Gasteiger partial charge in [0, 0.05) is 24.3 Å². The highest BCUT2D eigenvalue weighted by Crippen LogP contribution is 2.17. The van der Waals surface area contributed by atoms with Gasteiger partial charge in [-0.1, -0.05) is 35.9 Å². The Balaban J connectivity index is 2.25. The van der Waals surface area contributed by atoms with Crippen LogP contribution in [0.2, 0.25) is 0 Å². The number of para-hydroxylation sites is 1.